The van der Waals surface area contributed by atoms with E-state index >= 15 is 14.4 Å². The number of phenolic OH excluding ortho intramolecular Hbond substituents is 3. The molecule has 7 aliphatic heterocycles. The van der Waals surface area contributed by atoms with Crippen molar-refractivity contribution in [1.29, 1.82) is 0 Å². The van der Waals surface area contributed by atoms with Crippen LogP contribution in [-0.4, -0.2) is 184 Å². The van der Waals surface area contributed by atoms with E-state index in [1.54, 1.807) is 13.8 Å². The molecule has 7 aliphatic rings. The van der Waals surface area contributed by atoms with Gasteiger partial charge in [0.15, 0.2) is 29.9 Å². The van der Waals surface area contributed by atoms with Gasteiger partial charge in [0.05, 0.1) is 41.3 Å². The van der Waals surface area contributed by atoms with Gasteiger partial charge >= 0.3 is 5.97 Å². The molecule has 2 saturated heterocycles. The van der Waals surface area contributed by atoms with Gasteiger partial charge in [-0.15, -0.1) is 0 Å². The molecule has 18 atom stereocenters. The Morgan fingerprint density at radius 2 is 1.31 bits per heavy atom. The molecule has 0 saturated carbocycles. The van der Waals surface area contributed by atoms with Crippen LogP contribution in [0.15, 0.2) is 78.9 Å². The average molecular weight is 1440 g/mol. The van der Waals surface area contributed by atoms with Gasteiger partial charge in [-0.3, -0.25) is 33.6 Å². The Balaban J connectivity index is 1.24. The van der Waals surface area contributed by atoms with E-state index in [1.807, 2.05) is 0 Å². The first-order valence-electron chi connectivity index (χ1n) is 31.2. The standard InChI is InChI=1S/C65H73Cl2N9O24/c1-22(2)11-33(68)57(87)75-48-50(82)25-6-9-37(31(66)13-25)96-39-15-27-16-40(54(39)100-64-55(53(85)52(84)41(21-77)98-64)99-43-20-65(4,70)56(86)23(3)95-43)97-38-10-7-26(14-32(38)67)51(83)49-62(92)74-47(63(93)94)30-17-28(78)18-36(80)44(30)29-12-24(5-8-35(29)79)45(59(89)76-49)73-60(90)46(27)72-58(88)34(19-42(69)81)71-61(48)91/h5-10,12-18,22-23,33-34,41,43,45-53,55-56,64,77-80,82-86H,11,19-21,68,70H2,1-4H3,(H2,69,81)(H,71,91)(H,72,88)(H,73,90)(H,74,92)(H,75,87)(H,76,89)(H,93,94)/t23?,33?,34?,41-,43?,45?,46?,47?,48?,49?,50?,51?,52-,53+,55-,56?,64+,65?/m1/s1. The summed E-state index contributed by atoms with van der Waals surface area (Å²) < 4.78 is 38.2. The maximum absolute atomic E-state index is 16.0. The number of carbonyl (C=O) groups is 8. The number of aliphatic hydroxyl groups is 6. The van der Waals surface area contributed by atoms with Crippen LogP contribution in [-0.2, 0) is 52.6 Å². The van der Waals surface area contributed by atoms with E-state index < -0.39 is 237 Å². The monoisotopic (exact) mass is 1430 g/mol. The predicted octanol–water partition coefficient (Wildman–Crippen LogP) is -0.154. The number of rotatable bonds is 12. The van der Waals surface area contributed by atoms with Crippen molar-refractivity contribution in [3.8, 4) is 57.1 Å². The van der Waals surface area contributed by atoms with Crippen molar-refractivity contribution in [2.24, 2.45) is 23.1 Å². The molecule has 100 heavy (non-hydrogen) atoms. The summed E-state index contributed by atoms with van der Waals surface area (Å²) in [6.07, 6.45) is -18.8. The molecule has 5 aromatic rings. The summed E-state index contributed by atoms with van der Waals surface area (Å²) in [5.41, 5.74) is 14.1. The highest BCUT2D eigenvalue weighted by Crippen LogP contribution is 2.50. The Labute approximate surface area is 577 Å². The van der Waals surface area contributed by atoms with E-state index in [2.05, 4.69) is 31.9 Å². The predicted molar refractivity (Wildman–Crippen MR) is 344 cm³/mol. The first kappa shape index (κ1) is 73.5. The Kier molecular flexibility index (Phi) is 21.7. The third kappa shape index (κ3) is 15.4. The van der Waals surface area contributed by atoms with Gasteiger partial charge in [-0.05, 0) is 103 Å². The second kappa shape index (κ2) is 29.6. The summed E-state index contributed by atoms with van der Waals surface area (Å²) in [5.74, 6) is -16.3. The fourth-order valence-electron chi connectivity index (χ4n) is 12.3. The minimum atomic E-state index is -2.35. The molecular weight excluding hydrogens is 1360 g/mol. The molecule has 0 aliphatic carbocycles. The van der Waals surface area contributed by atoms with Crippen LogP contribution in [0.1, 0.15) is 105 Å². The minimum absolute atomic E-state index is 0.0742. The molecule has 536 valence electrons. The summed E-state index contributed by atoms with van der Waals surface area (Å²) in [4.78, 5) is 116. The number of halogens is 2. The zero-order chi connectivity index (χ0) is 72.8. The minimum Gasteiger partial charge on any atom is -0.508 e. The van der Waals surface area contributed by atoms with Crippen LogP contribution in [0.4, 0.5) is 0 Å². The molecule has 0 spiro atoms. The number of ether oxygens (including phenoxy) is 6. The number of fused-ring (bicyclic) bond motifs is 15. The summed E-state index contributed by atoms with van der Waals surface area (Å²) in [6, 6.07) is -1.18. The Bertz CT molecular complexity index is 4060. The van der Waals surface area contributed by atoms with Gasteiger partial charge in [-0.25, -0.2) is 4.79 Å². The number of benzene rings is 5. The molecule has 2 fully saturated rings. The molecule has 22 N–H and O–H groups in total. The second-order valence-electron chi connectivity index (χ2n) is 25.5. The maximum atomic E-state index is 16.0. The summed E-state index contributed by atoms with van der Waals surface area (Å²) >= 11 is 14.1. The molecule has 11 bridgehead atoms. The molecule has 13 unspecified atom stereocenters. The van der Waals surface area contributed by atoms with Crippen molar-refractivity contribution >= 4 is 70.5 Å². The summed E-state index contributed by atoms with van der Waals surface area (Å²) in [6.45, 7) is 5.53. The highest BCUT2D eigenvalue weighted by atomic mass is 35.5. The van der Waals surface area contributed by atoms with Crippen molar-refractivity contribution in [1.82, 2.24) is 31.9 Å². The van der Waals surface area contributed by atoms with E-state index in [9.17, 15) is 75.0 Å². The molecular formula is C65H73Cl2N9O24. The number of carbonyl (C=O) groups excluding carboxylic acids is 7. The van der Waals surface area contributed by atoms with Crippen molar-refractivity contribution in [2.45, 2.75) is 156 Å². The summed E-state index contributed by atoms with van der Waals surface area (Å²) in [5, 5.41) is 127. The number of amides is 7. The normalized spacial score (nSPS) is 29.6. The summed E-state index contributed by atoms with van der Waals surface area (Å²) in [7, 11) is 0. The van der Waals surface area contributed by atoms with Crippen molar-refractivity contribution in [3.05, 3.63) is 117 Å². The topological polar surface area (TPSA) is 544 Å². The van der Waals surface area contributed by atoms with Crippen LogP contribution in [0.3, 0.4) is 0 Å². The highest BCUT2D eigenvalue weighted by molar-refractivity contribution is 6.32. The first-order valence-corrected chi connectivity index (χ1v) is 31.9. The van der Waals surface area contributed by atoms with E-state index in [4.69, 9.17) is 68.8 Å². The van der Waals surface area contributed by atoms with Gasteiger partial charge in [0, 0.05) is 34.7 Å². The number of aliphatic hydroxyl groups excluding tert-OH is 6. The smallest absolute Gasteiger partial charge is 0.330 e. The number of phenols is 3. The Morgan fingerprint density at radius 1 is 0.710 bits per heavy atom. The van der Waals surface area contributed by atoms with Crippen LogP contribution >= 0.6 is 23.2 Å². The highest BCUT2D eigenvalue weighted by Gasteiger charge is 2.51. The lowest BCUT2D eigenvalue weighted by molar-refractivity contribution is -0.333. The van der Waals surface area contributed by atoms with Gasteiger partial charge < -0.3 is 129 Å². The van der Waals surface area contributed by atoms with Gasteiger partial charge in [-0.1, -0.05) is 55.2 Å². The van der Waals surface area contributed by atoms with Crippen molar-refractivity contribution in [3.63, 3.8) is 0 Å². The third-order valence-electron chi connectivity index (χ3n) is 17.5. The molecule has 0 aromatic heterocycles. The van der Waals surface area contributed by atoms with E-state index in [0.29, 0.717) is 0 Å². The molecule has 12 rings (SSSR count). The maximum Gasteiger partial charge on any atom is 0.330 e. The third-order valence-corrected chi connectivity index (χ3v) is 18.1. The van der Waals surface area contributed by atoms with E-state index in [0.717, 1.165) is 66.7 Å². The van der Waals surface area contributed by atoms with Crippen LogP contribution < -0.4 is 63.3 Å². The van der Waals surface area contributed by atoms with Crippen LogP contribution in [0.2, 0.25) is 10.0 Å². The number of aromatic hydroxyl groups is 3. The lowest BCUT2D eigenvalue weighted by atomic mass is 9.86. The largest absolute Gasteiger partial charge is 0.508 e. The number of hydrogen-bond acceptors (Lipinski definition) is 25. The van der Waals surface area contributed by atoms with Gasteiger partial charge in [0.2, 0.25) is 53.4 Å². The fraction of sp³-hybridized carbons (Fsp3) is 0.415. The molecule has 35 heteroatoms. The molecule has 0 radical (unpaired) electrons. The number of primary amides is 1. The first-order chi connectivity index (χ1) is 47.1. The number of aliphatic carboxylic acids is 1. The second-order valence-corrected chi connectivity index (χ2v) is 26.3. The lowest BCUT2D eigenvalue weighted by Gasteiger charge is -2.47. The number of nitrogens with two attached hydrogens (primary N) is 3. The molecule has 7 amide bonds. The molecule has 5 aromatic carbocycles. The average Bonchev–Trinajstić information content (AvgIpc) is 0.768. The molecule has 33 nitrogen and oxygen atoms in total. The Morgan fingerprint density at radius 3 is 1.90 bits per heavy atom. The van der Waals surface area contributed by atoms with Crippen LogP contribution in [0.25, 0.3) is 11.1 Å². The lowest BCUT2D eigenvalue weighted by Crippen LogP contribution is -2.64. The van der Waals surface area contributed by atoms with Crippen LogP contribution in [0.5, 0.6) is 46.0 Å². The number of nitrogens with one attached hydrogen (secondary N) is 6. The van der Waals surface area contributed by atoms with Crippen molar-refractivity contribution < 1.29 is 118 Å². The SMILES string of the molecule is CC(C)CC(N)C(=O)NC1C(=O)NC(CC(N)=O)C(=O)NC2C(=O)NC3C(=O)NC(C(=O)NC(C(=O)O)c4cc(O)cc(O)c4-c4cc3ccc4O)C(O)c3ccc(c(Cl)c3)Oc3cc2cc(c3O[C@@H]2O[C@H](CO)[C@@H](O)[C@H](O)[C@H]2OC2CC(C)(N)C(O)C(C)O2)Oc2ccc(cc2Cl)C1O. The molecule has 7 heterocycles. The number of carboxylic acids is 1. The van der Waals surface area contributed by atoms with Gasteiger partial charge in [0.25, 0.3) is 0 Å². The van der Waals surface area contributed by atoms with Crippen LogP contribution in [0, 0.1) is 5.92 Å². The number of hydrogen-bond donors (Lipinski definition) is 19. The zero-order valence-electron chi connectivity index (χ0n) is 53.4. The van der Waals surface area contributed by atoms with E-state index in [1.165, 1.54) is 26.0 Å². The quantitative estimate of drug-likeness (QED) is 0.0772. The van der Waals surface area contributed by atoms with E-state index in [-0.39, 0.29) is 46.2 Å². The van der Waals surface area contributed by atoms with Gasteiger partial charge in [0.1, 0.15) is 89.5 Å². The zero-order valence-corrected chi connectivity index (χ0v) is 54.9. The fourth-order valence-corrected chi connectivity index (χ4v) is 12.7. The van der Waals surface area contributed by atoms with Gasteiger partial charge in [-0.2, -0.15) is 0 Å². The van der Waals surface area contributed by atoms with Crippen molar-refractivity contribution in [2.75, 3.05) is 6.61 Å². The number of carboxylic acid groups (broad SMARTS) is 1. The Hall–Kier alpha value is -9.20.